The van der Waals surface area contributed by atoms with Crippen molar-refractivity contribution in [2.45, 2.75) is 18.9 Å². The summed E-state index contributed by atoms with van der Waals surface area (Å²) in [6, 6.07) is 6.19. The normalized spacial score (nSPS) is 20.1. The van der Waals surface area contributed by atoms with Crippen molar-refractivity contribution < 1.29 is 14.3 Å². The SMILES string of the molecule is O=C(O)c1ccc2nc(N3CCN(C4CC4)CC3)oc2c1. The minimum Gasteiger partial charge on any atom is -0.478 e. The molecular formula is C15H17N3O3. The van der Waals surface area contributed by atoms with Crippen LogP contribution in [-0.2, 0) is 0 Å². The molecule has 6 nitrogen and oxygen atoms in total. The van der Waals surface area contributed by atoms with Gasteiger partial charge in [0.2, 0.25) is 0 Å². The molecule has 0 spiro atoms. The Morgan fingerprint density at radius 3 is 2.67 bits per heavy atom. The van der Waals surface area contributed by atoms with Crippen molar-refractivity contribution >= 4 is 23.1 Å². The van der Waals surface area contributed by atoms with Crippen LogP contribution in [0.15, 0.2) is 22.6 Å². The number of rotatable bonds is 3. The summed E-state index contributed by atoms with van der Waals surface area (Å²) in [5.41, 5.74) is 1.47. The molecule has 0 unspecified atom stereocenters. The van der Waals surface area contributed by atoms with Crippen molar-refractivity contribution in [2.75, 3.05) is 31.1 Å². The number of aromatic nitrogens is 1. The van der Waals surface area contributed by atoms with Crippen LogP contribution < -0.4 is 4.90 Å². The van der Waals surface area contributed by atoms with Gasteiger partial charge in [0.15, 0.2) is 5.58 Å². The van der Waals surface area contributed by atoms with E-state index in [1.54, 1.807) is 12.1 Å². The maximum Gasteiger partial charge on any atom is 0.335 e. The fourth-order valence-electron chi connectivity index (χ4n) is 2.90. The number of fused-ring (bicyclic) bond motifs is 1. The highest BCUT2D eigenvalue weighted by atomic mass is 16.4. The number of carbonyl (C=O) groups is 1. The first-order valence-corrected chi connectivity index (χ1v) is 7.33. The van der Waals surface area contributed by atoms with E-state index in [-0.39, 0.29) is 5.56 Å². The predicted octanol–water partition coefficient (Wildman–Crippen LogP) is 1.81. The minimum absolute atomic E-state index is 0.226. The van der Waals surface area contributed by atoms with Gasteiger partial charge in [-0.3, -0.25) is 4.90 Å². The first kappa shape index (κ1) is 12.6. The van der Waals surface area contributed by atoms with Crippen LogP contribution in [-0.4, -0.2) is 53.2 Å². The zero-order valence-corrected chi connectivity index (χ0v) is 11.7. The summed E-state index contributed by atoms with van der Waals surface area (Å²) in [5, 5.41) is 9.01. The van der Waals surface area contributed by atoms with Crippen LogP contribution >= 0.6 is 0 Å². The molecule has 1 N–H and O–H groups in total. The highest BCUT2D eigenvalue weighted by Crippen LogP contribution is 2.29. The second-order valence-electron chi connectivity index (χ2n) is 5.74. The first-order chi connectivity index (χ1) is 10.2. The third-order valence-electron chi connectivity index (χ3n) is 4.27. The highest BCUT2D eigenvalue weighted by Gasteiger charge is 2.32. The number of anilines is 1. The molecule has 1 aliphatic heterocycles. The van der Waals surface area contributed by atoms with Gasteiger partial charge in [0.25, 0.3) is 6.01 Å². The van der Waals surface area contributed by atoms with Gasteiger partial charge in [0.1, 0.15) is 5.52 Å². The van der Waals surface area contributed by atoms with Crippen LogP contribution in [0.1, 0.15) is 23.2 Å². The molecule has 2 fully saturated rings. The highest BCUT2D eigenvalue weighted by molar-refractivity contribution is 5.92. The van der Waals surface area contributed by atoms with Crippen molar-refractivity contribution in [3.8, 4) is 0 Å². The van der Waals surface area contributed by atoms with E-state index in [0.29, 0.717) is 17.1 Å². The summed E-state index contributed by atoms with van der Waals surface area (Å²) < 4.78 is 5.74. The average molecular weight is 287 g/mol. The third-order valence-corrected chi connectivity index (χ3v) is 4.27. The second kappa shape index (κ2) is 4.73. The Hall–Kier alpha value is -2.08. The Morgan fingerprint density at radius 2 is 2.00 bits per heavy atom. The van der Waals surface area contributed by atoms with E-state index >= 15 is 0 Å². The molecule has 1 saturated carbocycles. The Labute approximate surface area is 122 Å². The molecule has 1 aromatic carbocycles. The van der Waals surface area contributed by atoms with Gasteiger partial charge in [-0.2, -0.15) is 4.98 Å². The smallest absolute Gasteiger partial charge is 0.335 e. The second-order valence-corrected chi connectivity index (χ2v) is 5.74. The Morgan fingerprint density at radius 1 is 1.24 bits per heavy atom. The number of hydrogen-bond acceptors (Lipinski definition) is 5. The Bertz CT molecular complexity index is 685. The number of hydrogen-bond donors (Lipinski definition) is 1. The van der Waals surface area contributed by atoms with E-state index in [2.05, 4.69) is 14.8 Å². The molecule has 2 aliphatic rings. The lowest BCUT2D eigenvalue weighted by molar-refractivity contribution is 0.0697. The van der Waals surface area contributed by atoms with Crippen LogP contribution in [0, 0.1) is 0 Å². The summed E-state index contributed by atoms with van der Waals surface area (Å²) in [7, 11) is 0. The molecule has 2 heterocycles. The van der Waals surface area contributed by atoms with E-state index in [1.807, 2.05) is 0 Å². The van der Waals surface area contributed by atoms with Gasteiger partial charge in [0.05, 0.1) is 5.56 Å². The summed E-state index contributed by atoms with van der Waals surface area (Å²) in [5.74, 6) is -0.951. The zero-order valence-electron chi connectivity index (χ0n) is 11.7. The molecule has 0 radical (unpaired) electrons. The van der Waals surface area contributed by atoms with Crippen molar-refractivity contribution in [2.24, 2.45) is 0 Å². The summed E-state index contributed by atoms with van der Waals surface area (Å²) in [6.45, 7) is 3.91. The third kappa shape index (κ3) is 2.35. The number of nitrogens with zero attached hydrogens (tertiary/aromatic N) is 3. The number of carboxylic acid groups (broad SMARTS) is 1. The average Bonchev–Trinajstić information content (AvgIpc) is 3.25. The molecule has 2 aromatic rings. The number of aromatic carboxylic acids is 1. The standard InChI is InChI=1S/C15H17N3O3/c19-14(20)10-1-4-12-13(9-10)21-15(16-12)18-7-5-17(6-8-18)11-2-3-11/h1,4,9,11H,2-3,5-8H2,(H,19,20). The van der Waals surface area contributed by atoms with Gasteiger partial charge in [-0.05, 0) is 31.0 Å². The summed E-state index contributed by atoms with van der Waals surface area (Å²) in [6.07, 6.45) is 2.67. The maximum absolute atomic E-state index is 11.0. The lowest BCUT2D eigenvalue weighted by Gasteiger charge is -2.33. The predicted molar refractivity (Wildman–Crippen MR) is 77.8 cm³/mol. The Balaban J connectivity index is 1.54. The fraction of sp³-hybridized carbons (Fsp3) is 0.467. The van der Waals surface area contributed by atoms with Gasteiger partial charge in [-0.1, -0.05) is 0 Å². The lowest BCUT2D eigenvalue weighted by Crippen LogP contribution is -2.47. The van der Waals surface area contributed by atoms with E-state index in [0.717, 1.165) is 32.2 Å². The summed E-state index contributed by atoms with van der Waals surface area (Å²) in [4.78, 5) is 20.1. The molecule has 1 aliphatic carbocycles. The van der Waals surface area contributed by atoms with Crippen LogP contribution in [0.5, 0.6) is 0 Å². The fourth-order valence-corrected chi connectivity index (χ4v) is 2.90. The molecule has 0 amide bonds. The molecule has 1 aromatic heterocycles. The lowest BCUT2D eigenvalue weighted by atomic mass is 10.2. The molecule has 21 heavy (non-hydrogen) atoms. The zero-order chi connectivity index (χ0) is 14.4. The van der Waals surface area contributed by atoms with Crippen molar-refractivity contribution in [3.63, 3.8) is 0 Å². The van der Waals surface area contributed by atoms with Gasteiger partial charge in [0, 0.05) is 32.2 Å². The van der Waals surface area contributed by atoms with E-state index in [9.17, 15) is 4.79 Å². The molecule has 0 atom stereocenters. The molecule has 6 heteroatoms. The maximum atomic E-state index is 11.0. The minimum atomic E-state index is -0.951. The van der Waals surface area contributed by atoms with Gasteiger partial charge in [-0.15, -0.1) is 0 Å². The number of piperazine rings is 1. The van der Waals surface area contributed by atoms with Crippen LogP contribution in [0.25, 0.3) is 11.1 Å². The van der Waals surface area contributed by atoms with Gasteiger partial charge < -0.3 is 14.4 Å². The van der Waals surface area contributed by atoms with Crippen LogP contribution in [0.3, 0.4) is 0 Å². The molecular weight excluding hydrogens is 270 g/mol. The van der Waals surface area contributed by atoms with Gasteiger partial charge in [-0.25, -0.2) is 4.79 Å². The van der Waals surface area contributed by atoms with Crippen molar-refractivity contribution in [1.82, 2.24) is 9.88 Å². The largest absolute Gasteiger partial charge is 0.478 e. The van der Waals surface area contributed by atoms with E-state index < -0.39 is 5.97 Å². The van der Waals surface area contributed by atoms with E-state index in [4.69, 9.17) is 9.52 Å². The van der Waals surface area contributed by atoms with Crippen molar-refractivity contribution in [3.05, 3.63) is 23.8 Å². The Kier molecular flexibility index (Phi) is 2.85. The van der Waals surface area contributed by atoms with Gasteiger partial charge >= 0.3 is 5.97 Å². The number of benzene rings is 1. The van der Waals surface area contributed by atoms with Crippen molar-refractivity contribution in [1.29, 1.82) is 0 Å². The monoisotopic (exact) mass is 287 g/mol. The molecule has 110 valence electrons. The number of oxazole rings is 1. The topological polar surface area (TPSA) is 69.8 Å². The molecule has 1 saturated heterocycles. The van der Waals surface area contributed by atoms with E-state index in [1.165, 1.54) is 18.9 Å². The molecule has 0 bridgehead atoms. The number of carboxylic acids is 1. The van der Waals surface area contributed by atoms with Crippen LogP contribution in [0.2, 0.25) is 0 Å². The quantitative estimate of drug-likeness (QED) is 0.928. The summed E-state index contributed by atoms with van der Waals surface area (Å²) >= 11 is 0. The molecule has 4 rings (SSSR count). The van der Waals surface area contributed by atoms with Crippen LogP contribution in [0.4, 0.5) is 6.01 Å². The first-order valence-electron chi connectivity index (χ1n) is 7.33.